The van der Waals surface area contributed by atoms with Crippen molar-refractivity contribution >= 4 is 15.9 Å². The summed E-state index contributed by atoms with van der Waals surface area (Å²) in [5.74, 6) is 2.11. The monoisotopic (exact) mass is 300 g/mol. The van der Waals surface area contributed by atoms with E-state index >= 15 is 0 Å². The van der Waals surface area contributed by atoms with E-state index in [0.717, 1.165) is 43.3 Å². The summed E-state index contributed by atoms with van der Waals surface area (Å²) in [5, 5.41) is 3.18. The third-order valence-corrected chi connectivity index (χ3v) is 5.99. The van der Waals surface area contributed by atoms with Gasteiger partial charge in [-0.15, -0.1) is 0 Å². The molecule has 0 spiro atoms. The topological polar surface area (TPSA) is 75.3 Å². The van der Waals surface area contributed by atoms with Crippen LogP contribution in [0, 0.1) is 17.8 Å². The van der Waals surface area contributed by atoms with E-state index in [2.05, 4.69) is 10.0 Å². The van der Waals surface area contributed by atoms with Gasteiger partial charge in [-0.05, 0) is 63.2 Å². The first kappa shape index (κ1) is 14.3. The van der Waals surface area contributed by atoms with Crippen molar-refractivity contribution in [3.05, 3.63) is 0 Å². The summed E-state index contributed by atoms with van der Waals surface area (Å²) >= 11 is 0. The van der Waals surface area contributed by atoms with Crippen LogP contribution in [-0.4, -0.2) is 32.2 Å². The van der Waals surface area contributed by atoms with Crippen molar-refractivity contribution < 1.29 is 13.2 Å². The molecule has 0 aromatic rings. The molecule has 1 amide bonds. The van der Waals surface area contributed by atoms with Crippen LogP contribution < -0.4 is 10.0 Å². The molecule has 0 aromatic heterocycles. The molecule has 20 heavy (non-hydrogen) atoms. The lowest BCUT2D eigenvalue weighted by molar-refractivity contribution is -0.128. The third-order valence-electron chi connectivity index (χ3n) is 5.21. The Hall–Kier alpha value is -0.620. The molecule has 4 saturated carbocycles. The Kier molecular flexibility index (Phi) is 3.36. The smallest absolute Gasteiger partial charge is 0.238 e. The normalized spacial score (nSPS) is 40.6. The molecule has 4 aliphatic rings. The Labute approximate surface area is 120 Å². The second-order valence-corrected chi connectivity index (χ2v) is 9.08. The number of amides is 1. The zero-order valence-electron chi connectivity index (χ0n) is 12.2. The summed E-state index contributed by atoms with van der Waals surface area (Å²) in [5.41, 5.74) is -0.0563. The van der Waals surface area contributed by atoms with Crippen LogP contribution in [0.4, 0.5) is 0 Å². The molecule has 2 N–H and O–H groups in total. The molecule has 6 heteroatoms. The summed E-state index contributed by atoms with van der Waals surface area (Å²) in [4.78, 5) is 12.3. The molecule has 4 aliphatic carbocycles. The minimum Gasteiger partial charge on any atom is -0.349 e. The van der Waals surface area contributed by atoms with Gasteiger partial charge in [0.1, 0.15) is 0 Å². The molecule has 1 atom stereocenters. The van der Waals surface area contributed by atoms with E-state index in [9.17, 15) is 13.2 Å². The Balaban J connectivity index is 1.67. The maximum Gasteiger partial charge on any atom is 0.238 e. The van der Waals surface area contributed by atoms with Gasteiger partial charge in [0.15, 0.2) is 0 Å². The van der Waals surface area contributed by atoms with Crippen molar-refractivity contribution in [3.63, 3.8) is 0 Å². The quantitative estimate of drug-likeness (QED) is 0.813. The second-order valence-electron chi connectivity index (χ2n) is 7.30. The van der Waals surface area contributed by atoms with Gasteiger partial charge in [0.05, 0.1) is 12.3 Å². The summed E-state index contributed by atoms with van der Waals surface area (Å²) in [6.45, 7) is 1.61. The van der Waals surface area contributed by atoms with Gasteiger partial charge in [-0.3, -0.25) is 4.79 Å². The highest BCUT2D eigenvalue weighted by atomic mass is 32.2. The number of hydrogen-bond donors (Lipinski definition) is 2. The lowest BCUT2D eigenvalue weighted by atomic mass is 9.53. The highest BCUT2D eigenvalue weighted by Gasteiger charge is 2.51. The Bertz CT molecular complexity index is 479. The van der Waals surface area contributed by atoms with E-state index in [4.69, 9.17) is 0 Å². The molecule has 0 unspecified atom stereocenters. The predicted molar refractivity (Wildman–Crippen MR) is 76.5 cm³/mol. The molecule has 4 rings (SSSR count). The summed E-state index contributed by atoms with van der Waals surface area (Å²) in [7, 11) is -3.35. The van der Waals surface area contributed by atoms with Gasteiger partial charge in [0.25, 0.3) is 0 Å². The van der Waals surface area contributed by atoms with Crippen molar-refractivity contribution in [1.29, 1.82) is 0 Å². The average molecular weight is 300 g/mol. The van der Waals surface area contributed by atoms with Gasteiger partial charge in [0, 0.05) is 5.54 Å². The molecule has 0 saturated heterocycles. The molecular weight excluding hydrogens is 276 g/mol. The van der Waals surface area contributed by atoms with Crippen LogP contribution in [-0.2, 0) is 14.8 Å². The molecular formula is C14H24N2O3S. The van der Waals surface area contributed by atoms with Crippen LogP contribution in [0.2, 0.25) is 0 Å². The molecule has 0 aromatic carbocycles. The van der Waals surface area contributed by atoms with E-state index in [1.165, 1.54) is 19.3 Å². The van der Waals surface area contributed by atoms with Gasteiger partial charge >= 0.3 is 0 Å². The average Bonchev–Trinajstić information content (AvgIpc) is 2.23. The van der Waals surface area contributed by atoms with E-state index in [-0.39, 0.29) is 11.4 Å². The van der Waals surface area contributed by atoms with Crippen LogP contribution >= 0.6 is 0 Å². The minimum atomic E-state index is -3.35. The number of sulfonamides is 1. The van der Waals surface area contributed by atoms with E-state index in [1.54, 1.807) is 6.92 Å². The largest absolute Gasteiger partial charge is 0.349 e. The van der Waals surface area contributed by atoms with Crippen molar-refractivity contribution in [2.75, 3.05) is 6.26 Å². The molecule has 0 radical (unpaired) electrons. The summed E-state index contributed by atoms with van der Waals surface area (Å²) in [6, 6.07) is -0.696. The molecule has 114 valence electrons. The zero-order valence-corrected chi connectivity index (χ0v) is 13.0. The fraction of sp³-hybridized carbons (Fsp3) is 0.929. The molecule has 4 fully saturated rings. The van der Waals surface area contributed by atoms with Crippen LogP contribution in [0.1, 0.15) is 45.4 Å². The third kappa shape index (κ3) is 2.86. The van der Waals surface area contributed by atoms with Gasteiger partial charge in [-0.2, -0.15) is 0 Å². The van der Waals surface area contributed by atoms with Gasteiger partial charge in [-0.25, -0.2) is 13.1 Å². The summed E-state index contributed by atoms with van der Waals surface area (Å²) < 4.78 is 24.8. The van der Waals surface area contributed by atoms with Gasteiger partial charge in [0.2, 0.25) is 15.9 Å². The van der Waals surface area contributed by atoms with Crippen LogP contribution in [0.25, 0.3) is 0 Å². The highest BCUT2D eigenvalue weighted by Crippen LogP contribution is 2.55. The lowest BCUT2D eigenvalue weighted by Gasteiger charge is -2.57. The number of hydrogen-bond acceptors (Lipinski definition) is 3. The molecule has 0 heterocycles. The highest BCUT2D eigenvalue weighted by molar-refractivity contribution is 7.88. The van der Waals surface area contributed by atoms with E-state index in [1.807, 2.05) is 0 Å². The SMILES string of the molecule is C[C@H](NS(C)(=O)=O)C(=O)NC12CC3CC(CC(C3)C1)C2. The standard InChI is InChI=1S/C14H24N2O3S/c1-9(16-20(2,18)19)13(17)15-14-6-10-3-11(7-14)5-12(4-10)8-14/h9-12,16H,3-8H2,1-2H3,(H,15,17)/t9-,10?,11?,12?,14?/m0/s1. The number of carbonyl (C=O) groups excluding carboxylic acids is 1. The molecule has 0 aliphatic heterocycles. The maximum absolute atomic E-state index is 12.3. The first-order valence-electron chi connectivity index (χ1n) is 7.54. The van der Waals surface area contributed by atoms with Crippen molar-refractivity contribution in [3.8, 4) is 0 Å². The van der Waals surface area contributed by atoms with E-state index in [0.29, 0.717) is 0 Å². The zero-order chi connectivity index (χ0) is 14.5. The fourth-order valence-corrected chi connectivity index (χ4v) is 5.76. The first-order chi connectivity index (χ1) is 9.25. The van der Waals surface area contributed by atoms with Crippen molar-refractivity contribution in [2.24, 2.45) is 17.8 Å². The van der Waals surface area contributed by atoms with Gasteiger partial charge in [-0.1, -0.05) is 0 Å². The van der Waals surface area contributed by atoms with Gasteiger partial charge < -0.3 is 5.32 Å². The Morgan fingerprint density at radius 2 is 1.55 bits per heavy atom. The molecule has 4 bridgehead atoms. The second kappa shape index (κ2) is 4.70. The lowest BCUT2D eigenvalue weighted by Crippen LogP contribution is -2.62. The predicted octanol–water partition coefficient (Wildman–Crippen LogP) is 1.01. The summed E-state index contributed by atoms with van der Waals surface area (Å²) in [6.07, 6.45) is 8.30. The first-order valence-corrected chi connectivity index (χ1v) is 9.43. The number of rotatable bonds is 4. The number of nitrogens with one attached hydrogen (secondary N) is 2. The Morgan fingerprint density at radius 1 is 1.10 bits per heavy atom. The molecule has 5 nitrogen and oxygen atoms in total. The minimum absolute atomic E-state index is 0.0563. The van der Waals surface area contributed by atoms with Crippen LogP contribution in [0.5, 0.6) is 0 Å². The van der Waals surface area contributed by atoms with E-state index < -0.39 is 16.1 Å². The van der Waals surface area contributed by atoms with Crippen LogP contribution in [0.15, 0.2) is 0 Å². The van der Waals surface area contributed by atoms with Crippen molar-refractivity contribution in [1.82, 2.24) is 10.0 Å². The van der Waals surface area contributed by atoms with Crippen LogP contribution in [0.3, 0.4) is 0 Å². The maximum atomic E-state index is 12.3. The fourth-order valence-electron chi connectivity index (χ4n) is 5.01. The van der Waals surface area contributed by atoms with Crippen molar-refractivity contribution in [2.45, 2.75) is 57.0 Å². The Morgan fingerprint density at radius 3 is 1.95 bits per heavy atom. The number of carbonyl (C=O) groups is 1.